The lowest BCUT2D eigenvalue weighted by Gasteiger charge is -2.03. The third-order valence-electron chi connectivity index (χ3n) is 2.47. The molecule has 0 unspecified atom stereocenters. The van der Waals surface area contributed by atoms with Gasteiger partial charge in [-0.1, -0.05) is 38.5 Å². The van der Waals surface area contributed by atoms with Crippen LogP contribution in [0.25, 0.3) is 10.9 Å². The summed E-state index contributed by atoms with van der Waals surface area (Å²) in [6, 6.07) is 15.2. The summed E-state index contributed by atoms with van der Waals surface area (Å²) in [7, 11) is 0. The number of aromatic nitrogens is 2. The first-order valence-corrected chi connectivity index (χ1v) is 7.02. The molecule has 0 bridgehead atoms. The Labute approximate surface area is 122 Å². The van der Waals surface area contributed by atoms with E-state index in [4.69, 9.17) is 9.22 Å². The smallest absolute Gasteiger partial charge is 0.187 e. The molecule has 19 heavy (non-hydrogen) atoms. The second-order valence-electron chi connectivity index (χ2n) is 3.76. The van der Waals surface area contributed by atoms with Crippen LogP contribution in [0.5, 0.6) is 5.75 Å². The monoisotopic (exact) mass is 336 g/mol. The van der Waals surface area contributed by atoms with E-state index in [9.17, 15) is 0 Å². The number of rotatable bonds is 4. The zero-order chi connectivity index (χ0) is 13.1. The Morgan fingerprint density at radius 3 is 2.79 bits per heavy atom. The van der Waals surface area contributed by atoms with Crippen LogP contribution in [0, 0.1) is 0 Å². The minimum atomic E-state index is 0.647. The van der Waals surface area contributed by atoms with Crippen LogP contribution in [0.1, 0.15) is 0 Å². The van der Waals surface area contributed by atoms with E-state index in [1.807, 2.05) is 48.5 Å². The van der Waals surface area contributed by atoms with E-state index < -0.39 is 0 Å². The third-order valence-corrected chi connectivity index (χ3v) is 3.53. The highest BCUT2D eigenvalue weighted by molar-refractivity contribution is 9.10. The van der Waals surface area contributed by atoms with Crippen LogP contribution in [0.2, 0.25) is 0 Å². The van der Waals surface area contributed by atoms with Gasteiger partial charge in [0.05, 0.1) is 11.7 Å². The first-order chi connectivity index (χ1) is 9.33. The summed E-state index contributed by atoms with van der Waals surface area (Å²) in [6.07, 6.45) is 1.78. The Balaban J connectivity index is 1.69. The van der Waals surface area contributed by atoms with Crippen LogP contribution in [-0.2, 0) is 4.33 Å². The lowest BCUT2D eigenvalue weighted by atomic mass is 10.3. The fourth-order valence-corrected chi connectivity index (χ4v) is 2.48. The van der Waals surface area contributed by atoms with Gasteiger partial charge >= 0.3 is 0 Å². The predicted molar refractivity (Wildman–Crippen MR) is 78.6 cm³/mol. The molecular formula is C13H9BrN2O2S. The van der Waals surface area contributed by atoms with Crippen LogP contribution in [-0.4, -0.2) is 9.19 Å². The van der Waals surface area contributed by atoms with Gasteiger partial charge in [0.25, 0.3) is 0 Å². The van der Waals surface area contributed by atoms with Crippen LogP contribution < -0.4 is 4.89 Å². The summed E-state index contributed by atoms with van der Waals surface area (Å²) in [5.74, 6) is 0.647. The van der Waals surface area contributed by atoms with Crippen molar-refractivity contribution in [2.45, 2.75) is 0 Å². The minimum absolute atomic E-state index is 0.647. The minimum Gasteiger partial charge on any atom is -0.324 e. The zero-order valence-corrected chi connectivity index (χ0v) is 12.1. The van der Waals surface area contributed by atoms with E-state index in [1.54, 1.807) is 10.3 Å². The molecule has 4 nitrogen and oxygen atoms in total. The lowest BCUT2D eigenvalue weighted by molar-refractivity contribution is -0.0788. The van der Waals surface area contributed by atoms with Crippen molar-refractivity contribution in [1.82, 2.24) is 9.19 Å². The van der Waals surface area contributed by atoms with Crippen molar-refractivity contribution >= 4 is 39.1 Å². The Kier molecular flexibility index (Phi) is 3.72. The fraction of sp³-hybridized carbons (Fsp3) is 0. The van der Waals surface area contributed by atoms with Gasteiger partial charge in [-0.05, 0) is 30.3 Å². The highest BCUT2D eigenvalue weighted by Crippen LogP contribution is 2.23. The van der Waals surface area contributed by atoms with Crippen molar-refractivity contribution in [2.75, 3.05) is 0 Å². The fourth-order valence-electron chi connectivity index (χ4n) is 1.60. The molecule has 2 aromatic carbocycles. The number of fused-ring (bicyclic) bond motifs is 1. The number of halogens is 1. The normalized spacial score (nSPS) is 10.8. The Morgan fingerprint density at radius 2 is 1.95 bits per heavy atom. The molecule has 6 heteroatoms. The van der Waals surface area contributed by atoms with Gasteiger partial charge in [0.15, 0.2) is 18.0 Å². The summed E-state index contributed by atoms with van der Waals surface area (Å²) in [5, 5.41) is 5.25. The Morgan fingerprint density at radius 1 is 1.11 bits per heavy atom. The highest BCUT2D eigenvalue weighted by Gasteiger charge is 2.05. The van der Waals surface area contributed by atoms with Crippen LogP contribution in [0.15, 0.2) is 59.2 Å². The molecule has 96 valence electrons. The van der Waals surface area contributed by atoms with E-state index in [0.717, 1.165) is 27.6 Å². The topological polar surface area (TPSA) is 36.3 Å². The van der Waals surface area contributed by atoms with Gasteiger partial charge in [-0.25, -0.2) is 0 Å². The largest absolute Gasteiger partial charge is 0.324 e. The number of benzene rings is 2. The van der Waals surface area contributed by atoms with Crippen molar-refractivity contribution in [2.24, 2.45) is 0 Å². The molecule has 0 amide bonds. The van der Waals surface area contributed by atoms with Crippen molar-refractivity contribution < 1.29 is 9.22 Å². The Hall–Kier alpha value is -1.50. The maximum absolute atomic E-state index is 5.14. The number of nitrogens with zero attached hydrogens (tertiary/aromatic N) is 2. The summed E-state index contributed by atoms with van der Waals surface area (Å²) >= 11 is 4.45. The molecule has 1 aromatic heterocycles. The van der Waals surface area contributed by atoms with Crippen molar-refractivity contribution in [3.05, 3.63) is 59.2 Å². The predicted octanol–water partition coefficient (Wildman–Crippen LogP) is 4.22. The zero-order valence-electron chi connectivity index (χ0n) is 9.69. The maximum atomic E-state index is 5.14. The number of para-hydroxylation sites is 1. The summed E-state index contributed by atoms with van der Waals surface area (Å²) in [6.45, 7) is 0. The molecule has 0 aliphatic carbocycles. The molecule has 0 saturated heterocycles. The van der Waals surface area contributed by atoms with Gasteiger partial charge in [-0.2, -0.15) is 9.19 Å². The molecule has 0 aliphatic heterocycles. The second-order valence-corrected chi connectivity index (χ2v) is 5.31. The van der Waals surface area contributed by atoms with E-state index in [2.05, 4.69) is 21.0 Å². The van der Waals surface area contributed by atoms with Gasteiger partial charge < -0.3 is 4.89 Å². The van der Waals surface area contributed by atoms with Crippen molar-refractivity contribution in [3.63, 3.8) is 0 Å². The summed E-state index contributed by atoms with van der Waals surface area (Å²) in [5.41, 5.74) is 0.963. The first kappa shape index (κ1) is 12.5. The lowest BCUT2D eigenvalue weighted by Crippen LogP contribution is -1.95. The first-order valence-electron chi connectivity index (χ1n) is 5.53. The third kappa shape index (κ3) is 2.91. The van der Waals surface area contributed by atoms with Gasteiger partial charge in [-0.3, -0.25) is 0 Å². The van der Waals surface area contributed by atoms with Gasteiger partial charge in [0.1, 0.15) is 0 Å². The van der Waals surface area contributed by atoms with Crippen LogP contribution in [0.4, 0.5) is 0 Å². The molecule has 1 heterocycles. The molecule has 0 radical (unpaired) electrons. The average Bonchev–Trinajstić information content (AvgIpc) is 2.82. The van der Waals surface area contributed by atoms with E-state index >= 15 is 0 Å². The van der Waals surface area contributed by atoms with Crippen molar-refractivity contribution in [3.8, 4) is 5.75 Å². The molecule has 0 atom stereocenters. The molecule has 0 aliphatic rings. The second kappa shape index (κ2) is 5.64. The van der Waals surface area contributed by atoms with Gasteiger partial charge in [-0.15, -0.1) is 0 Å². The molecular weight excluding hydrogens is 328 g/mol. The van der Waals surface area contributed by atoms with Crippen LogP contribution >= 0.6 is 28.2 Å². The highest BCUT2D eigenvalue weighted by atomic mass is 79.9. The molecule has 0 N–H and O–H groups in total. The number of hydrogen-bond donors (Lipinski definition) is 0. The molecule has 0 saturated carbocycles. The van der Waals surface area contributed by atoms with E-state index in [0.29, 0.717) is 5.75 Å². The van der Waals surface area contributed by atoms with Gasteiger partial charge in [0.2, 0.25) is 0 Å². The van der Waals surface area contributed by atoms with Crippen LogP contribution in [0.3, 0.4) is 0 Å². The molecule has 0 spiro atoms. The quantitative estimate of drug-likeness (QED) is 0.406. The average molecular weight is 337 g/mol. The van der Waals surface area contributed by atoms with E-state index in [1.165, 1.54) is 0 Å². The van der Waals surface area contributed by atoms with E-state index in [-0.39, 0.29) is 0 Å². The maximum Gasteiger partial charge on any atom is 0.187 e. The molecule has 0 fully saturated rings. The van der Waals surface area contributed by atoms with Crippen molar-refractivity contribution in [1.29, 1.82) is 0 Å². The Bertz CT molecular complexity index is 687. The summed E-state index contributed by atoms with van der Waals surface area (Å²) < 4.78 is 7.78. The molecule has 3 rings (SSSR count). The number of hydrogen-bond acceptors (Lipinski definition) is 4. The van der Waals surface area contributed by atoms with Gasteiger partial charge in [0, 0.05) is 9.86 Å². The standard InChI is InChI=1S/C13H9BrN2O2S/c14-11-6-7-13-10(8-11)9-15-16(13)19-18-17-12-4-2-1-3-5-12/h1-9H. The summed E-state index contributed by atoms with van der Waals surface area (Å²) in [4.78, 5) is 5.14. The molecule has 3 aromatic rings. The SMILES string of the molecule is Brc1ccc2c(cnn2SOOc2ccccc2)c1.